The number of halogens is 3. The van der Waals surface area contributed by atoms with Gasteiger partial charge < -0.3 is 14.7 Å². The third-order valence-corrected chi connectivity index (χ3v) is 5.38. The summed E-state index contributed by atoms with van der Waals surface area (Å²) in [6, 6.07) is 4.34. The monoisotopic (exact) mass is 404 g/mol. The Bertz CT molecular complexity index is 975. The Labute approximate surface area is 165 Å². The maximum atomic E-state index is 15.2. The van der Waals surface area contributed by atoms with Crippen molar-refractivity contribution in [2.45, 2.75) is 12.6 Å². The van der Waals surface area contributed by atoms with E-state index in [4.69, 9.17) is 4.74 Å². The van der Waals surface area contributed by atoms with Gasteiger partial charge in [-0.25, -0.2) is 13.2 Å². The van der Waals surface area contributed by atoms with Crippen LogP contribution in [-0.4, -0.2) is 53.1 Å². The fourth-order valence-electron chi connectivity index (χ4n) is 3.90. The van der Waals surface area contributed by atoms with Crippen molar-refractivity contribution in [2.75, 3.05) is 26.2 Å². The standard InChI is InChI=1S/C21H19F3N2O3/c1-2-17(28)26-7-6-25-9-12-8-15(23)19(18-14(22)4-3-5-16(18)27)20(24)21(12)29-11-13(25)10-26/h2-5,8,13,27H,1,6-7,9-11H2/t13-/m1/s1. The second-order valence-electron chi connectivity index (χ2n) is 7.09. The quantitative estimate of drug-likeness (QED) is 0.782. The van der Waals surface area contributed by atoms with E-state index >= 15 is 4.39 Å². The van der Waals surface area contributed by atoms with Crippen molar-refractivity contribution in [3.05, 3.63) is 59.9 Å². The summed E-state index contributed by atoms with van der Waals surface area (Å²) in [7, 11) is 0. The summed E-state index contributed by atoms with van der Waals surface area (Å²) in [4.78, 5) is 15.5. The van der Waals surface area contributed by atoms with Gasteiger partial charge in [0.2, 0.25) is 5.91 Å². The minimum atomic E-state index is -1.06. The molecule has 0 unspecified atom stereocenters. The molecule has 1 fully saturated rings. The van der Waals surface area contributed by atoms with E-state index < -0.39 is 34.3 Å². The summed E-state index contributed by atoms with van der Waals surface area (Å²) in [5.74, 6) is -3.90. The average molecular weight is 404 g/mol. The van der Waals surface area contributed by atoms with Crippen LogP contribution in [0, 0.1) is 17.5 Å². The Kier molecular flexibility index (Phi) is 4.96. The van der Waals surface area contributed by atoms with Crippen LogP contribution >= 0.6 is 0 Å². The largest absolute Gasteiger partial charge is 0.507 e. The summed E-state index contributed by atoms with van der Waals surface area (Å²) >= 11 is 0. The number of nitrogens with zero attached hydrogens (tertiary/aromatic N) is 2. The number of hydrogen-bond donors (Lipinski definition) is 1. The zero-order valence-electron chi connectivity index (χ0n) is 15.5. The molecule has 29 heavy (non-hydrogen) atoms. The molecular weight excluding hydrogens is 385 g/mol. The number of ether oxygens (including phenoxy) is 1. The highest BCUT2D eigenvalue weighted by molar-refractivity contribution is 5.87. The van der Waals surface area contributed by atoms with Gasteiger partial charge in [0.15, 0.2) is 11.6 Å². The summed E-state index contributed by atoms with van der Waals surface area (Å²) in [6.45, 7) is 5.17. The van der Waals surface area contributed by atoms with E-state index in [1.165, 1.54) is 12.1 Å². The molecule has 1 amide bonds. The van der Waals surface area contributed by atoms with Crippen molar-refractivity contribution < 1.29 is 27.8 Å². The number of phenols is 1. The van der Waals surface area contributed by atoms with E-state index in [9.17, 15) is 18.7 Å². The Morgan fingerprint density at radius 2 is 2.00 bits per heavy atom. The Hall–Kier alpha value is -3.00. The smallest absolute Gasteiger partial charge is 0.246 e. The van der Waals surface area contributed by atoms with Crippen molar-refractivity contribution in [3.63, 3.8) is 0 Å². The number of phenolic OH excluding ortho intramolecular Hbond substituents is 1. The number of amides is 1. The molecule has 2 aromatic rings. The lowest BCUT2D eigenvalue weighted by Gasteiger charge is -2.39. The minimum absolute atomic E-state index is 0.0825. The highest BCUT2D eigenvalue weighted by Crippen LogP contribution is 2.41. The third kappa shape index (κ3) is 3.33. The van der Waals surface area contributed by atoms with Crippen LogP contribution in [0.5, 0.6) is 11.5 Å². The van der Waals surface area contributed by atoms with Gasteiger partial charge in [-0.15, -0.1) is 0 Å². The van der Waals surface area contributed by atoms with Crippen LogP contribution < -0.4 is 4.74 Å². The first kappa shape index (κ1) is 19.3. The number of hydrogen-bond acceptors (Lipinski definition) is 4. The molecule has 8 heteroatoms. The summed E-state index contributed by atoms with van der Waals surface area (Å²) in [5.41, 5.74) is -0.910. The highest BCUT2D eigenvalue weighted by Gasteiger charge is 2.34. The zero-order chi connectivity index (χ0) is 20.7. The fraction of sp³-hybridized carbons (Fsp3) is 0.286. The molecule has 2 aliphatic heterocycles. The Balaban J connectivity index is 1.71. The van der Waals surface area contributed by atoms with Crippen LogP contribution in [0.3, 0.4) is 0 Å². The number of carbonyl (C=O) groups is 1. The molecule has 2 heterocycles. The Morgan fingerprint density at radius 3 is 2.72 bits per heavy atom. The average Bonchev–Trinajstić information content (AvgIpc) is 2.88. The second kappa shape index (κ2) is 7.44. The summed E-state index contributed by atoms with van der Waals surface area (Å²) in [6.07, 6.45) is 1.24. The number of benzene rings is 2. The van der Waals surface area contributed by atoms with Crippen LogP contribution in [0.2, 0.25) is 0 Å². The summed E-state index contributed by atoms with van der Waals surface area (Å²) in [5, 5.41) is 9.96. The van der Waals surface area contributed by atoms with Gasteiger partial charge in [0, 0.05) is 31.7 Å². The molecule has 0 spiro atoms. The van der Waals surface area contributed by atoms with E-state index in [0.717, 1.165) is 18.2 Å². The molecule has 152 valence electrons. The molecule has 2 aliphatic rings. The maximum Gasteiger partial charge on any atom is 0.246 e. The van der Waals surface area contributed by atoms with Crippen molar-refractivity contribution in [1.29, 1.82) is 0 Å². The number of fused-ring (bicyclic) bond motifs is 2. The van der Waals surface area contributed by atoms with E-state index in [2.05, 4.69) is 6.58 Å². The molecule has 1 saturated heterocycles. The first-order valence-electron chi connectivity index (χ1n) is 9.17. The summed E-state index contributed by atoms with van der Waals surface area (Å²) < 4.78 is 49.9. The lowest BCUT2D eigenvalue weighted by Crippen LogP contribution is -2.55. The molecule has 5 nitrogen and oxygen atoms in total. The van der Waals surface area contributed by atoms with Gasteiger partial charge >= 0.3 is 0 Å². The fourth-order valence-corrected chi connectivity index (χ4v) is 3.90. The predicted octanol–water partition coefficient (Wildman–Crippen LogP) is 3.07. The van der Waals surface area contributed by atoms with Gasteiger partial charge in [-0.3, -0.25) is 9.69 Å². The van der Waals surface area contributed by atoms with E-state index in [0.29, 0.717) is 25.2 Å². The van der Waals surface area contributed by atoms with Gasteiger partial charge in [0.25, 0.3) is 0 Å². The molecule has 1 N–H and O–H groups in total. The first-order chi connectivity index (χ1) is 13.9. The molecule has 1 atom stereocenters. The maximum absolute atomic E-state index is 15.2. The van der Waals surface area contributed by atoms with Crippen LogP contribution in [-0.2, 0) is 11.3 Å². The topological polar surface area (TPSA) is 53.0 Å². The van der Waals surface area contributed by atoms with Crippen LogP contribution in [0.15, 0.2) is 36.9 Å². The van der Waals surface area contributed by atoms with Crippen molar-refractivity contribution >= 4 is 5.91 Å². The Morgan fingerprint density at radius 1 is 1.21 bits per heavy atom. The molecule has 0 radical (unpaired) electrons. The lowest BCUT2D eigenvalue weighted by molar-refractivity contribution is -0.129. The molecule has 0 bridgehead atoms. The van der Waals surface area contributed by atoms with E-state index in [1.807, 2.05) is 4.90 Å². The van der Waals surface area contributed by atoms with Crippen LogP contribution in [0.1, 0.15) is 5.56 Å². The van der Waals surface area contributed by atoms with Crippen molar-refractivity contribution in [3.8, 4) is 22.6 Å². The highest BCUT2D eigenvalue weighted by atomic mass is 19.1. The third-order valence-electron chi connectivity index (χ3n) is 5.38. The zero-order valence-corrected chi connectivity index (χ0v) is 15.5. The lowest BCUT2D eigenvalue weighted by atomic mass is 9.99. The minimum Gasteiger partial charge on any atom is -0.507 e. The second-order valence-corrected chi connectivity index (χ2v) is 7.09. The molecule has 4 rings (SSSR count). The molecule has 0 saturated carbocycles. The first-order valence-corrected chi connectivity index (χ1v) is 9.17. The normalized spacial score (nSPS) is 19.0. The van der Waals surface area contributed by atoms with Gasteiger partial charge in [-0.05, 0) is 24.3 Å². The number of rotatable bonds is 2. The molecular formula is C21H19F3N2O3. The molecule has 2 aromatic carbocycles. The van der Waals surface area contributed by atoms with E-state index in [1.54, 1.807) is 4.90 Å². The van der Waals surface area contributed by atoms with Gasteiger partial charge in [0.1, 0.15) is 24.0 Å². The van der Waals surface area contributed by atoms with Crippen molar-refractivity contribution in [1.82, 2.24) is 9.80 Å². The molecule has 0 aromatic heterocycles. The van der Waals surface area contributed by atoms with Gasteiger partial charge in [-0.1, -0.05) is 12.6 Å². The predicted molar refractivity (Wildman–Crippen MR) is 99.9 cm³/mol. The number of aromatic hydroxyl groups is 1. The number of piperazine rings is 1. The number of carbonyl (C=O) groups excluding carboxylic acids is 1. The van der Waals surface area contributed by atoms with Crippen LogP contribution in [0.4, 0.5) is 13.2 Å². The molecule has 0 aliphatic carbocycles. The van der Waals surface area contributed by atoms with E-state index in [-0.39, 0.29) is 30.9 Å². The SMILES string of the molecule is C=CC(=O)N1CCN2Cc3cc(F)c(-c4c(O)cccc4F)c(F)c3OC[C@H]2C1. The van der Waals surface area contributed by atoms with Crippen molar-refractivity contribution in [2.24, 2.45) is 0 Å². The van der Waals surface area contributed by atoms with Gasteiger partial charge in [-0.2, -0.15) is 0 Å². The van der Waals surface area contributed by atoms with Crippen LogP contribution in [0.25, 0.3) is 11.1 Å². The van der Waals surface area contributed by atoms with Gasteiger partial charge in [0.05, 0.1) is 17.2 Å².